The minimum atomic E-state index is -0.348. The van der Waals surface area contributed by atoms with Crippen LogP contribution in [0.3, 0.4) is 0 Å². The van der Waals surface area contributed by atoms with Crippen LogP contribution in [0.1, 0.15) is 44.1 Å². The van der Waals surface area contributed by atoms with E-state index < -0.39 is 0 Å². The zero-order valence-electron chi connectivity index (χ0n) is 17.0. The van der Waals surface area contributed by atoms with Crippen LogP contribution in [0.2, 0.25) is 5.02 Å². The van der Waals surface area contributed by atoms with Crippen molar-refractivity contribution in [2.45, 2.75) is 51.4 Å². The second-order valence-electron chi connectivity index (χ2n) is 6.36. The van der Waals surface area contributed by atoms with E-state index in [0.29, 0.717) is 33.4 Å². The van der Waals surface area contributed by atoms with Crippen molar-refractivity contribution >= 4 is 45.7 Å². The van der Waals surface area contributed by atoms with E-state index in [2.05, 4.69) is 32.6 Å². The van der Waals surface area contributed by atoms with E-state index in [1.807, 2.05) is 36.6 Å². The number of ether oxygens (including phenoxy) is 1. The molecule has 160 valence electrons. The smallest absolute Gasteiger partial charge is 0.236 e. The summed E-state index contributed by atoms with van der Waals surface area (Å²) in [7, 11) is 0. The molecule has 0 aliphatic rings. The van der Waals surface area contributed by atoms with Crippen LogP contribution >= 0.6 is 34.7 Å². The van der Waals surface area contributed by atoms with Gasteiger partial charge >= 0.3 is 0 Å². The third-order valence-corrected chi connectivity index (χ3v) is 6.25. The first kappa shape index (κ1) is 22.5. The van der Waals surface area contributed by atoms with E-state index in [1.165, 1.54) is 23.1 Å². The van der Waals surface area contributed by atoms with Gasteiger partial charge in [-0.25, -0.2) is 0 Å². The van der Waals surface area contributed by atoms with Crippen LogP contribution < -0.4 is 10.1 Å². The molecule has 0 bridgehead atoms. The highest BCUT2D eigenvalue weighted by molar-refractivity contribution is 7.99. The molecule has 1 amide bonds. The largest absolute Gasteiger partial charge is 0.481 e. The van der Waals surface area contributed by atoms with Crippen molar-refractivity contribution in [1.29, 1.82) is 0 Å². The molecule has 0 aliphatic carbocycles. The van der Waals surface area contributed by atoms with Gasteiger partial charge < -0.3 is 9.30 Å². The maximum atomic E-state index is 12.3. The number of nitrogens with one attached hydrogen (secondary N) is 1. The molecule has 0 spiro atoms. The minimum Gasteiger partial charge on any atom is -0.481 e. The third-order valence-electron chi connectivity index (χ3n) is 4.08. The number of aryl methyl sites for hydroxylation is 1. The van der Waals surface area contributed by atoms with Gasteiger partial charge in [0, 0.05) is 13.0 Å². The van der Waals surface area contributed by atoms with Gasteiger partial charge in [0.25, 0.3) is 0 Å². The number of halogens is 1. The average Bonchev–Trinajstić information content (AvgIpc) is 3.34. The Hall–Kier alpha value is -2.17. The van der Waals surface area contributed by atoms with Crippen LogP contribution in [-0.2, 0) is 17.8 Å². The molecule has 0 saturated carbocycles. The summed E-state index contributed by atoms with van der Waals surface area (Å²) in [6, 6.07) is 7.30. The minimum absolute atomic E-state index is 0.160. The number of nitrogens with zero attached hydrogens (tertiary/aromatic N) is 5. The molecule has 3 rings (SSSR count). The van der Waals surface area contributed by atoms with Gasteiger partial charge in [-0.2, -0.15) is 0 Å². The van der Waals surface area contributed by atoms with E-state index in [-0.39, 0.29) is 17.8 Å². The summed E-state index contributed by atoms with van der Waals surface area (Å²) in [5, 5.41) is 22.0. The van der Waals surface area contributed by atoms with Crippen molar-refractivity contribution in [1.82, 2.24) is 25.0 Å². The Morgan fingerprint density at radius 3 is 2.80 bits per heavy atom. The predicted molar refractivity (Wildman–Crippen MR) is 119 cm³/mol. The zero-order valence-corrected chi connectivity index (χ0v) is 19.4. The molecule has 0 aliphatic heterocycles. The highest BCUT2D eigenvalue weighted by atomic mass is 35.5. The lowest BCUT2D eigenvalue weighted by atomic mass is 10.3. The normalized spacial score (nSPS) is 12.0. The first-order valence-corrected chi connectivity index (χ1v) is 11.8. The summed E-state index contributed by atoms with van der Waals surface area (Å²) in [6.07, 6.45) is 1.50. The lowest BCUT2D eigenvalue weighted by molar-refractivity contribution is -0.113. The Labute approximate surface area is 188 Å². The Balaban J connectivity index is 1.60. The van der Waals surface area contributed by atoms with Crippen LogP contribution in [-0.4, -0.2) is 36.6 Å². The molecule has 1 unspecified atom stereocenters. The maximum absolute atomic E-state index is 12.3. The molecular weight excluding hydrogens is 444 g/mol. The molecule has 1 atom stereocenters. The maximum Gasteiger partial charge on any atom is 0.236 e. The first-order valence-electron chi connectivity index (χ1n) is 9.61. The number of benzene rings is 1. The lowest BCUT2D eigenvalue weighted by Crippen LogP contribution is -2.15. The average molecular weight is 467 g/mol. The summed E-state index contributed by atoms with van der Waals surface area (Å²) in [5.41, 5.74) is 0. The lowest BCUT2D eigenvalue weighted by Gasteiger charge is -2.16. The molecule has 1 aromatic carbocycles. The van der Waals surface area contributed by atoms with Gasteiger partial charge in [-0.15, -0.1) is 20.4 Å². The van der Waals surface area contributed by atoms with Gasteiger partial charge in [0.15, 0.2) is 17.1 Å². The summed E-state index contributed by atoms with van der Waals surface area (Å²) < 4.78 is 7.89. The Morgan fingerprint density at radius 2 is 2.07 bits per heavy atom. The van der Waals surface area contributed by atoms with E-state index in [9.17, 15) is 4.79 Å². The Kier molecular flexibility index (Phi) is 8.06. The highest BCUT2D eigenvalue weighted by Gasteiger charge is 2.20. The highest BCUT2D eigenvalue weighted by Crippen LogP contribution is 2.29. The van der Waals surface area contributed by atoms with Gasteiger partial charge in [0.2, 0.25) is 11.0 Å². The fraction of sp³-hybridized carbons (Fsp3) is 0.421. The summed E-state index contributed by atoms with van der Waals surface area (Å²) >= 11 is 8.90. The topological polar surface area (TPSA) is 94.8 Å². The van der Waals surface area contributed by atoms with Gasteiger partial charge in [-0.3, -0.25) is 10.1 Å². The first-order chi connectivity index (χ1) is 14.5. The van der Waals surface area contributed by atoms with Gasteiger partial charge in [-0.1, -0.05) is 53.8 Å². The van der Waals surface area contributed by atoms with Crippen molar-refractivity contribution in [3.63, 3.8) is 0 Å². The van der Waals surface area contributed by atoms with E-state index in [0.717, 1.165) is 17.8 Å². The number of para-hydroxylation sites is 1. The molecule has 3 aromatic rings. The van der Waals surface area contributed by atoms with Crippen LogP contribution in [0.4, 0.5) is 5.13 Å². The number of carbonyl (C=O) groups excluding carboxylic acids is 1. The molecule has 0 fully saturated rings. The number of amides is 1. The third kappa shape index (κ3) is 5.71. The number of rotatable bonds is 10. The number of carbonyl (C=O) groups is 1. The van der Waals surface area contributed by atoms with Crippen molar-refractivity contribution in [3.8, 4) is 5.75 Å². The van der Waals surface area contributed by atoms with Crippen LogP contribution in [0.25, 0.3) is 0 Å². The van der Waals surface area contributed by atoms with Crippen LogP contribution in [0.15, 0.2) is 29.4 Å². The molecule has 0 saturated heterocycles. The number of thioether (sulfide) groups is 1. The fourth-order valence-corrected chi connectivity index (χ4v) is 4.54. The van der Waals surface area contributed by atoms with Gasteiger partial charge in [-0.05, 0) is 32.4 Å². The van der Waals surface area contributed by atoms with Crippen LogP contribution in [0, 0.1) is 0 Å². The monoisotopic (exact) mass is 466 g/mol. The van der Waals surface area contributed by atoms with Crippen molar-refractivity contribution in [2.75, 3.05) is 11.1 Å². The molecule has 8 nitrogen and oxygen atoms in total. The molecule has 2 heterocycles. The van der Waals surface area contributed by atoms with Crippen molar-refractivity contribution < 1.29 is 9.53 Å². The van der Waals surface area contributed by atoms with Crippen molar-refractivity contribution in [2.24, 2.45) is 0 Å². The van der Waals surface area contributed by atoms with E-state index in [1.54, 1.807) is 6.07 Å². The Morgan fingerprint density at radius 1 is 1.27 bits per heavy atom. The van der Waals surface area contributed by atoms with Crippen molar-refractivity contribution in [3.05, 3.63) is 40.1 Å². The standard InChI is InChI=1S/C19H23ClN6O2S2/c1-4-8-16-22-24-18(30-16)21-15(27)11-29-19-25-23-17(26(19)5-2)12(3)28-14-10-7-6-9-13(14)20/h6-7,9-10,12H,4-5,8,11H2,1-3H3,(H,21,24,27). The fourth-order valence-electron chi connectivity index (χ4n) is 2.69. The molecule has 1 N–H and O–H groups in total. The molecule has 2 aromatic heterocycles. The molecule has 30 heavy (non-hydrogen) atoms. The van der Waals surface area contributed by atoms with Gasteiger partial charge in [0.1, 0.15) is 10.8 Å². The van der Waals surface area contributed by atoms with E-state index >= 15 is 0 Å². The van der Waals surface area contributed by atoms with E-state index in [4.69, 9.17) is 16.3 Å². The zero-order chi connectivity index (χ0) is 21.5. The quantitative estimate of drug-likeness (QED) is 0.435. The number of aromatic nitrogens is 5. The van der Waals surface area contributed by atoms with Gasteiger partial charge in [0.05, 0.1) is 10.8 Å². The molecule has 0 radical (unpaired) electrons. The second kappa shape index (κ2) is 10.7. The number of hydrogen-bond donors (Lipinski definition) is 1. The summed E-state index contributed by atoms with van der Waals surface area (Å²) in [4.78, 5) is 12.3. The SMILES string of the molecule is CCCc1nnc(NC(=O)CSc2nnc(C(C)Oc3ccccc3Cl)n2CC)s1. The number of anilines is 1. The Bertz CT molecular complexity index is 993. The number of hydrogen-bond acceptors (Lipinski definition) is 8. The molecular formula is C19H23ClN6O2S2. The predicted octanol–water partition coefficient (Wildman–Crippen LogP) is 4.63. The van der Waals surface area contributed by atoms with Crippen LogP contribution in [0.5, 0.6) is 5.75 Å². The summed E-state index contributed by atoms with van der Waals surface area (Å²) in [5.74, 6) is 1.30. The molecule has 11 heteroatoms. The second-order valence-corrected chi connectivity index (χ2v) is 8.78. The summed E-state index contributed by atoms with van der Waals surface area (Å²) in [6.45, 7) is 6.62.